The highest BCUT2D eigenvalue weighted by Crippen LogP contribution is 2.38. The van der Waals surface area contributed by atoms with Crippen LogP contribution in [0.1, 0.15) is 37.4 Å². The van der Waals surface area contributed by atoms with E-state index in [2.05, 4.69) is 0 Å². The van der Waals surface area contributed by atoms with Gasteiger partial charge in [-0.2, -0.15) is 0 Å². The Labute approximate surface area is 186 Å². The lowest BCUT2D eigenvalue weighted by atomic mass is 10.0. The van der Waals surface area contributed by atoms with Crippen LogP contribution in [0.4, 0.5) is 0 Å². The van der Waals surface area contributed by atoms with E-state index in [1.807, 2.05) is 31.2 Å². The maximum Gasteiger partial charge on any atom is 0.351 e. The fraction of sp³-hybridized carbons (Fsp3) is 0.154. The molecule has 0 bridgehead atoms. The zero-order valence-corrected chi connectivity index (χ0v) is 18.2. The minimum atomic E-state index is -0.640. The van der Waals surface area contributed by atoms with E-state index in [-0.39, 0.29) is 22.9 Å². The largest absolute Gasteiger partial charge is 0.496 e. The molecule has 0 radical (unpaired) electrons. The number of allylic oxidation sites excluding steroid dienone is 1. The van der Waals surface area contributed by atoms with Crippen LogP contribution in [0.3, 0.4) is 0 Å². The Morgan fingerprint density at radius 3 is 2.28 bits per heavy atom. The van der Waals surface area contributed by atoms with Crippen LogP contribution in [-0.4, -0.2) is 26.0 Å². The van der Waals surface area contributed by atoms with Crippen molar-refractivity contribution in [2.24, 2.45) is 0 Å². The lowest BCUT2D eigenvalue weighted by Crippen LogP contribution is -2.12. The first-order chi connectivity index (χ1) is 15.4. The highest BCUT2D eigenvalue weighted by atomic mass is 16.5. The molecule has 1 aliphatic rings. The second-order valence-electron chi connectivity index (χ2n) is 7.39. The number of methoxy groups -OCH3 is 2. The SMILES string of the molecule is COc1cccc(OC)c1C(=O)Oc1cc(C)c2c(c1)O/C(=C\c1cccc(C)c1)C2=O. The van der Waals surface area contributed by atoms with Gasteiger partial charge in [0.15, 0.2) is 5.76 Å². The molecule has 0 atom stereocenters. The molecule has 4 rings (SSSR count). The lowest BCUT2D eigenvalue weighted by molar-refractivity contribution is 0.0727. The molecule has 1 heterocycles. The summed E-state index contributed by atoms with van der Waals surface area (Å²) in [5.41, 5.74) is 3.23. The fourth-order valence-corrected chi connectivity index (χ4v) is 3.66. The standard InChI is InChI=1S/C26H22O6/c1-15-7-5-8-17(11-15)13-22-25(27)23-16(2)12-18(14-21(23)32-22)31-26(28)24-19(29-3)9-6-10-20(24)30-4/h5-14H,1-4H3/b22-13-. The summed E-state index contributed by atoms with van der Waals surface area (Å²) in [4.78, 5) is 25.8. The average Bonchev–Trinajstić information content (AvgIpc) is 3.08. The van der Waals surface area contributed by atoms with Crippen molar-refractivity contribution in [2.45, 2.75) is 13.8 Å². The highest BCUT2D eigenvalue weighted by molar-refractivity contribution is 6.15. The molecule has 0 saturated heterocycles. The van der Waals surface area contributed by atoms with Gasteiger partial charge in [-0.25, -0.2) is 4.79 Å². The monoisotopic (exact) mass is 430 g/mol. The quantitative estimate of drug-likeness (QED) is 0.316. The number of Topliss-reactive ketones (excluding diaryl/α,β-unsaturated/α-hetero) is 1. The molecule has 3 aromatic rings. The third-order valence-corrected chi connectivity index (χ3v) is 5.13. The van der Waals surface area contributed by atoms with Crippen molar-refractivity contribution >= 4 is 17.8 Å². The number of carbonyl (C=O) groups is 2. The number of benzene rings is 3. The average molecular weight is 430 g/mol. The maximum absolute atomic E-state index is 12.9. The normalized spacial score (nSPS) is 13.5. The number of carbonyl (C=O) groups excluding carboxylic acids is 2. The summed E-state index contributed by atoms with van der Waals surface area (Å²) >= 11 is 0. The molecule has 0 spiro atoms. The Hall–Kier alpha value is -4.06. The Bertz CT molecular complexity index is 1230. The second-order valence-corrected chi connectivity index (χ2v) is 7.39. The van der Waals surface area contributed by atoms with E-state index in [0.29, 0.717) is 28.4 Å². The Morgan fingerprint density at radius 2 is 1.62 bits per heavy atom. The van der Waals surface area contributed by atoms with Crippen LogP contribution in [0.25, 0.3) is 6.08 Å². The summed E-state index contributed by atoms with van der Waals surface area (Å²) in [5.74, 6) is 0.655. The summed E-state index contributed by atoms with van der Waals surface area (Å²) in [6.45, 7) is 3.76. The van der Waals surface area contributed by atoms with E-state index >= 15 is 0 Å². The Kier molecular flexibility index (Phi) is 5.69. The molecule has 32 heavy (non-hydrogen) atoms. The van der Waals surface area contributed by atoms with E-state index < -0.39 is 5.97 Å². The van der Waals surface area contributed by atoms with Crippen molar-refractivity contribution in [1.29, 1.82) is 0 Å². The fourth-order valence-electron chi connectivity index (χ4n) is 3.66. The van der Waals surface area contributed by atoms with Crippen LogP contribution >= 0.6 is 0 Å². The van der Waals surface area contributed by atoms with Gasteiger partial charge in [0.2, 0.25) is 5.78 Å². The molecule has 0 saturated carbocycles. The summed E-state index contributed by atoms with van der Waals surface area (Å²) in [5, 5.41) is 0. The first-order valence-corrected chi connectivity index (χ1v) is 10.00. The first kappa shape index (κ1) is 21.2. The molecular formula is C26H22O6. The smallest absolute Gasteiger partial charge is 0.351 e. The van der Waals surface area contributed by atoms with Gasteiger partial charge in [-0.3, -0.25) is 4.79 Å². The number of hydrogen-bond acceptors (Lipinski definition) is 6. The second kappa shape index (κ2) is 8.59. The Balaban J connectivity index is 1.64. The van der Waals surface area contributed by atoms with E-state index in [4.69, 9.17) is 18.9 Å². The predicted octanol–water partition coefficient (Wildman–Crippen LogP) is 5.16. The van der Waals surface area contributed by atoms with Crippen LogP contribution in [0, 0.1) is 13.8 Å². The summed E-state index contributed by atoms with van der Waals surface area (Å²) in [6.07, 6.45) is 1.71. The molecular weight excluding hydrogens is 408 g/mol. The summed E-state index contributed by atoms with van der Waals surface area (Å²) in [7, 11) is 2.93. The zero-order valence-electron chi connectivity index (χ0n) is 18.2. The molecule has 0 aromatic heterocycles. The van der Waals surface area contributed by atoms with E-state index in [1.54, 1.807) is 37.3 Å². The zero-order chi connectivity index (χ0) is 22.8. The molecule has 162 valence electrons. The maximum atomic E-state index is 12.9. The van der Waals surface area contributed by atoms with Crippen LogP contribution in [0.5, 0.6) is 23.0 Å². The highest BCUT2D eigenvalue weighted by Gasteiger charge is 2.31. The number of esters is 1. The molecule has 0 amide bonds. The molecule has 0 aliphatic carbocycles. The lowest BCUT2D eigenvalue weighted by Gasteiger charge is -2.13. The van der Waals surface area contributed by atoms with Gasteiger partial charge in [0.05, 0.1) is 19.8 Å². The van der Waals surface area contributed by atoms with E-state index in [9.17, 15) is 9.59 Å². The number of hydrogen-bond donors (Lipinski definition) is 0. The number of fused-ring (bicyclic) bond motifs is 1. The van der Waals surface area contributed by atoms with Crippen LogP contribution in [-0.2, 0) is 0 Å². The number of ketones is 1. The molecule has 6 heteroatoms. The van der Waals surface area contributed by atoms with Crippen molar-refractivity contribution in [3.63, 3.8) is 0 Å². The van der Waals surface area contributed by atoms with Crippen molar-refractivity contribution in [2.75, 3.05) is 14.2 Å². The Morgan fingerprint density at radius 1 is 0.938 bits per heavy atom. The van der Waals surface area contributed by atoms with Gasteiger partial charge >= 0.3 is 5.97 Å². The third kappa shape index (κ3) is 3.95. The minimum absolute atomic E-state index is 0.174. The van der Waals surface area contributed by atoms with Crippen LogP contribution in [0.2, 0.25) is 0 Å². The van der Waals surface area contributed by atoms with Gasteiger partial charge in [0.25, 0.3) is 0 Å². The van der Waals surface area contributed by atoms with Gasteiger partial charge in [-0.1, -0.05) is 35.9 Å². The first-order valence-electron chi connectivity index (χ1n) is 10.00. The summed E-state index contributed by atoms with van der Waals surface area (Å²) < 4.78 is 22.0. The number of ether oxygens (including phenoxy) is 4. The van der Waals surface area contributed by atoms with Crippen LogP contribution in [0.15, 0.2) is 60.4 Å². The van der Waals surface area contributed by atoms with Crippen molar-refractivity contribution < 1.29 is 28.5 Å². The van der Waals surface area contributed by atoms with Crippen LogP contribution < -0.4 is 18.9 Å². The van der Waals surface area contributed by atoms with Gasteiger partial charge < -0.3 is 18.9 Å². The van der Waals surface area contributed by atoms with Gasteiger partial charge in [-0.15, -0.1) is 0 Å². The molecule has 3 aromatic carbocycles. The predicted molar refractivity (Wildman–Crippen MR) is 120 cm³/mol. The van der Waals surface area contributed by atoms with Crippen molar-refractivity contribution in [1.82, 2.24) is 0 Å². The molecule has 6 nitrogen and oxygen atoms in total. The van der Waals surface area contributed by atoms with Crippen molar-refractivity contribution in [3.8, 4) is 23.0 Å². The molecule has 0 unspecified atom stereocenters. The summed E-state index contributed by atoms with van der Waals surface area (Å²) in [6, 6.07) is 16.0. The van der Waals surface area contributed by atoms with Gasteiger partial charge in [0.1, 0.15) is 28.6 Å². The number of rotatable bonds is 5. The molecule has 1 aliphatic heterocycles. The topological polar surface area (TPSA) is 71.1 Å². The minimum Gasteiger partial charge on any atom is -0.496 e. The van der Waals surface area contributed by atoms with Crippen molar-refractivity contribution in [3.05, 3.63) is 88.2 Å². The number of aryl methyl sites for hydroxylation is 2. The van der Waals surface area contributed by atoms with E-state index in [1.165, 1.54) is 20.3 Å². The van der Waals surface area contributed by atoms with Gasteiger partial charge in [-0.05, 0) is 49.2 Å². The van der Waals surface area contributed by atoms with E-state index in [0.717, 1.165) is 11.1 Å². The third-order valence-electron chi connectivity index (χ3n) is 5.13. The van der Waals surface area contributed by atoms with Gasteiger partial charge in [0, 0.05) is 6.07 Å². The molecule has 0 N–H and O–H groups in total. The molecule has 0 fully saturated rings.